The Bertz CT molecular complexity index is 1040. The Morgan fingerprint density at radius 2 is 1.72 bits per heavy atom. The highest BCUT2D eigenvalue weighted by Crippen LogP contribution is 2.62. The SMILES string of the molecule is CC(=O)NC12C[C@@H]3C[C@@H](C1)CC(C(=O)N1CCN(S(=O)(=O)c4cccc(F)c4)CC1)(C3)C2. The molecule has 174 valence electrons. The van der Waals surface area contributed by atoms with E-state index in [9.17, 15) is 22.4 Å². The van der Waals surface area contributed by atoms with Crippen molar-refractivity contribution in [3.05, 3.63) is 30.1 Å². The van der Waals surface area contributed by atoms with Gasteiger partial charge in [0.2, 0.25) is 21.8 Å². The Morgan fingerprint density at radius 3 is 2.31 bits per heavy atom. The van der Waals surface area contributed by atoms with Gasteiger partial charge in [0.05, 0.1) is 10.3 Å². The third kappa shape index (κ3) is 3.63. The van der Waals surface area contributed by atoms with E-state index in [-0.39, 0.29) is 35.3 Å². The molecule has 4 aliphatic carbocycles. The van der Waals surface area contributed by atoms with Gasteiger partial charge in [0.15, 0.2) is 0 Å². The molecule has 1 saturated heterocycles. The van der Waals surface area contributed by atoms with E-state index in [1.807, 2.05) is 4.90 Å². The van der Waals surface area contributed by atoms with Crippen molar-refractivity contribution in [2.45, 2.75) is 55.9 Å². The van der Waals surface area contributed by atoms with Crippen LogP contribution in [0.2, 0.25) is 0 Å². The van der Waals surface area contributed by atoms with E-state index in [1.54, 1.807) is 6.92 Å². The number of amides is 2. The van der Waals surface area contributed by atoms with Crippen LogP contribution in [0.25, 0.3) is 0 Å². The second-order valence-electron chi connectivity index (χ2n) is 10.4. The van der Waals surface area contributed by atoms with Crippen LogP contribution in [0.15, 0.2) is 29.2 Å². The van der Waals surface area contributed by atoms with Crippen molar-refractivity contribution in [3.63, 3.8) is 0 Å². The van der Waals surface area contributed by atoms with Crippen LogP contribution in [0.1, 0.15) is 45.4 Å². The molecule has 7 nitrogen and oxygen atoms in total. The monoisotopic (exact) mass is 463 g/mol. The summed E-state index contributed by atoms with van der Waals surface area (Å²) in [5.74, 6) is 0.410. The minimum atomic E-state index is -3.79. The summed E-state index contributed by atoms with van der Waals surface area (Å²) in [6.45, 7) is 2.61. The zero-order chi connectivity index (χ0) is 22.7. The zero-order valence-corrected chi connectivity index (χ0v) is 19.2. The highest BCUT2D eigenvalue weighted by Gasteiger charge is 2.61. The highest BCUT2D eigenvalue weighted by molar-refractivity contribution is 7.89. The number of nitrogens with zero attached hydrogens (tertiary/aromatic N) is 2. The molecule has 0 aromatic heterocycles. The molecule has 2 amide bonds. The first-order valence-electron chi connectivity index (χ1n) is 11.4. The number of halogens is 1. The summed E-state index contributed by atoms with van der Waals surface area (Å²) in [5.41, 5.74) is -0.718. The van der Waals surface area contributed by atoms with E-state index < -0.39 is 21.3 Å². The number of benzene rings is 1. The predicted octanol–water partition coefficient (Wildman–Crippen LogP) is 2.13. The maximum absolute atomic E-state index is 13.7. The van der Waals surface area contributed by atoms with Gasteiger partial charge in [-0.2, -0.15) is 4.31 Å². The van der Waals surface area contributed by atoms with Crippen LogP contribution in [0.4, 0.5) is 4.39 Å². The number of carbonyl (C=O) groups excluding carboxylic acids is 2. The number of rotatable bonds is 4. The van der Waals surface area contributed by atoms with Crippen molar-refractivity contribution in [3.8, 4) is 0 Å². The lowest BCUT2D eigenvalue weighted by molar-refractivity contribution is -0.164. The van der Waals surface area contributed by atoms with E-state index in [2.05, 4.69) is 5.32 Å². The van der Waals surface area contributed by atoms with E-state index in [0.29, 0.717) is 31.3 Å². The van der Waals surface area contributed by atoms with Crippen molar-refractivity contribution >= 4 is 21.8 Å². The Balaban J connectivity index is 1.30. The van der Waals surface area contributed by atoms with Gasteiger partial charge in [0, 0.05) is 38.6 Å². The summed E-state index contributed by atoms with van der Waals surface area (Å²) in [6.07, 6.45) is 5.47. The Hall–Kier alpha value is -2.00. The Labute approximate surface area is 188 Å². The lowest BCUT2D eigenvalue weighted by Crippen LogP contribution is -2.66. The summed E-state index contributed by atoms with van der Waals surface area (Å²) in [5, 5.41) is 3.19. The van der Waals surface area contributed by atoms with Gasteiger partial charge in [-0.15, -0.1) is 0 Å². The molecule has 0 unspecified atom stereocenters. The van der Waals surface area contributed by atoms with Crippen molar-refractivity contribution in [2.24, 2.45) is 17.3 Å². The van der Waals surface area contributed by atoms with Crippen LogP contribution in [-0.2, 0) is 19.6 Å². The van der Waals surface area contributed by atoms with Crippen molar-refractivity contribution < 1.29 is 22.4 Å². The minimum absolute atomic E-state index is 0.0364. The molecule has 2 atom stereocenters. The normalized spacial score (nSPS) is 34.5. The molecule has 1 aromatic rings. The van der Waals surface area contributed by atoms with Crippen LogP contribution in [0.3, 0.4) is 0 Å². The maximum atomic E-state index is 13.7. The smallest absolute Gasteiger partial charge is 0.243 e. The Morgan fingerprint density at radius 1 is 1.06 bits per heavy atom. The standard InChI is InChI=1S/C23H30FN3O4S/c1-16(28)25-23-13-17-9-18(14-23)12-22(11-17,15-23)21(29)26-5-7-27(8-6-26)32(30,31)20-4-2-3-19(24)10-20/h2-4,10,17-18H,5-9,11-15H2,1H3,(H,25,28)/t17-,18-,22?,23?/m1/s1. The first-order valence-corrected chi connectivity index (χ1v) is 12.9. The number of nitrogens with one attached hydrogen (secondary N) is 1. The molecule has 0 radical (unpaired) electrons. The zero-order valence-electron chi connectivity index (χ0n) is 18.3. The second kappa shape index (κ2) is 7.52. The molecule has 0 spiro atoms. The van der Waals surface area contributed by atoms with Crippen LogP contribution < -0.4 is 5.32 Å². The molecule has 1 heterocycles. The number of piperazine rings is 1. The molecule has 4 bridgehead atoms. The van der Waals surface area contributed by atoms with E-state index >= 15 is 0 Å². The van der Waals surface area contributed by atoms with Crippen molar-refractivity contribution in [2.75, 3.05) is 26.2 Å². The fourth-order valence-corrected chi connectivity index (χ4v) is 8.73. The van der Waals surface area contributed by atoms with Gasteiger partial charge >= 0.3 is 0 Å². The van der Waals surface area contributed by atoms with Gasteiger partial charge < -0.3 is 10.2 Å². The van der Waals surface area contributed by atoms with Crippen molar-refractivity contribution in [1.29, 1.82) is 0 Å². The molecular weight excluding hydrogens is 433 g/mol. The summed E-state index contributed by atoms with van der Waals surface area (Å²) >= 11 is 0. The highest BCUT2D eigenvalue weighted by atomic mass is 32.2. The molecule has 32 heavy (non-hydrogen) atoms. The molecule has 5 aliphatic rings. The molecule has 4 saturated carbocycles. The van der Waals surface area contributed by atoms with Crippen LogP contribution in [0, 0.1) is 23.1 Å². The van der Waals surface area contributed by atoms with Gasteiger partial charge in [-0.1, -0.05) is 6.07 Å². The van der Waals surface area contributed by atoms with Crippen molar-refractivity contribution in [1.82, 2.24) is 14.5 Å². The topological polar surface area (TPSA) is 86.8 Å². The first kappa shape index (κ1) is 21.8. The summed E-state index contributed by atoms with van der Waals surface area (Å²) < 4.78 is 40.7. The fourth-order valence-electron chi connectivity index (χ4n) is 7.28. The van der Waals surface area contributed by atoms with Gasteiger partial charge in [0.1, 0.15) is 5.82 Å². The molecule has 9 heteroatoms. The molecule has 1 aliphatic heterocycles. The third-order valence-corrected chi connectivity index (χ3v) is 9.81. The van der Waals surface area contributed by atoms with Crippen LogP contribution in [-0.4, -0.2) is 61.2 Å². The molecule has 1 aromatic carbocycles. The average Bonchev–Trinajstić information content (AvgIpc) is 2.71. The number of sulfonamides is 1. The van der Waals surface area contributed by atoms with E-state index in [1.165, 1.54) is 22.5 Å². The average molecular weight is 464 g/mol. The van der Waals surface area contributed by atoms with E-state index in [0.717, 1.165) is 38.2 Å². The lowest BCUT2D eigenvalue weighted by atomic mass is 9.46. The quantitative estimate of drug-likeness (QED) is 0.741. The minimum Gasteiger partial charge on any atom is -0.351 e. The molecule has 5 fully saturated rings. The lowest BCUT2D eigenvalue weighted by Gasteiger charge is -2.62. The molecule has 6 rings (SSSR count). The van der Waals surface area contributed by atoms with E-state index in [4.69, 9.17) is 0 Å². The summed E-state index contributed by atoms with van der Waals surface area (Å²) in [4.78, 5) is 27.4. The van der Waals surface area contributed by atoms with Gasteiger partial charge in [-0.25, -0.2) is 12.8 Å². The van der Waals surface area contributed by atoms with Crippen LogP contribution >= 0.6 is 0 Å². The number of carbonyl (C=O) groups is 2. The van der Waals surface area contributed by atoms with Crippen LogP contribution in [0.5, 0.6) is 0 Å². The third-order valence-electron chi connectivity index (χ3n) is 7.92. The maximum Gasteiger partial charge on any atom is 0.243 e. The summed E-state index contributed by atoms with van der Waals surface area (Å²) in [6, 6.07) is 5.03. The fraction of sp³-hybridized carbons (Fsp3) is 0.652. The van der Waals surface area contributed by atoms with Gasteiger partial charge in [-0.05, 0) is 68.6 Å². The number of hydrogen-bond acceptors (Lipinski definition) is 4. The second-order valence-corrected chi connectivity index (χ2v) is 12.3. The largest absolute Gasteiger partial charge is 0.351 e. The molecular formula is C23H30FN3O4S. The Kier molecular flexibility index (Phi) is 5.13. The number of hydrogen-bond donors (Lipinski definition) is 1. The summed E-state index contributed by atoms with van der Waals surface area (Å²) in [7, 11) is -3.79. The predicted molar refractivity (Wildman–Crippen MR) is 115 cm³/mol. The first-order chi connectivity index (χ1) is 15.1. The molecule has 1 N–H and O–H groups in total. The van der Waals surface area contributed by atoms with Gasteiger partial charge in [0.25, 0.3) is 0 Å². The van der Waals surface area contributed by atoms with Gasteiger partial charge in [-0.3, -0.25) is 9.59 Å².